The van der Waals surface area contributed by atoms with E-state index in [2.05, 4.69) is 10.2 Å². The van der Waals surface area contributed by atoms with Gasteiger partial charge in [-0.3, -0.25) is 9.89 Å². The van der Waals surface area contributed by atoms with Crippen LogP contribution in [0.5, 0.6) is 0 Å². The number of ketones is 1. The molecular weight excluding hydrogens is 278 g/mol. The van der Waals surface area contributed by atoms with E-state index in [9.17, 15) is 13.2 Å². The molecule has 7 heteroatoms. The number of sulfonamides is 1. The van der Waals surface area contributed by atoms with Crippen LogP contribution in [0.15, 0.2) is 11.1 Å². The predicted octanol–water partition coefficient (Wildman–Crippen LogP) is 1.63. The number of H-pyrrole nitrogens is 1. The summed E-state index contributed by atoms with van der Waals surface area (Å²) in [5.41, 5.74) is 0.538. The van der Waals surface area contributed by atoms with Gasteiger partial charge in [-0.2, -0.15) is 9.40 Å². The highest BCUT2D eigenvalue weighted by atomic mass is 32.2. The van der Waals surface area contributed by atoms with Crippen molar-refractivity contribution in [3.05, 3.63) is 11.9 Å². The number of Topliss-reactive ketones (excluding diaryl/α,β-unsaturated/α-hetero) is 1. The molecule has 1 aliphatic rings. The van der Waals surface area contributed by atoms with Crippen LogP contribution >= 0.6 is 0 Å². The molecule has 112 valence electrons. The van der Waals surface area contributed by atoms with Crippen molar-refractivity contribution in [3.8, 4) is 0 Å². The average Bonchev–Trinajstić information content (AvgIpc) is 2.65. The standard InChI is InChI=1S/C13H21N3O3S/c1-10(17)8-12-6-4-3-5-7-16(12)20(18,19)13-9-14-15-11(13)2/h9,12H,3-8H2,1-2H3,(H,14,15). The zero-order valence-corrected chi connectivity index (χ0v) is 12.7. The number of hydrogen-bond donors (Lipinski definition) is 1. The van der Waals surface area contributed by atoms with E-state index < -0.39 is 10.0 Å². The Bertz CT molecular complexity index is 579. The molecule has 20 heavy (non-hydrogen) atoms. The Morgan fingerprint density at radius 1 is 1.45 bits per heavy atom. The third-order valence-electron chi connectivity index (χ3n) is 3.72. The van der Waals surface area contributed by atoms with E-state index in [0.29, 0.717) is 12.2 Å². The molecule has 0 aromatic carbocycles. The maximum atomic E-state index is 12.8. The van der Waals surface area contributed by atoms with E-state index in [1.165, 1.54) is 17.4 Å². The highest BCUT2D eigenvalue weighted by Crippen LogP contribution is 2.27. The summed E-state index contributed by atoms with van der Waals surface area (Å²) >= 11 is 0. The van der Waals surface area contributed by atoms with Crippen molar-refractivity contribution in [3.63, 3.8) is 0 Å². The average molecular weight is 299 g/mol. The van der Waals surface area contributed by atoms with Gasteiger partial charge in [-0.25, -0.2) is 8.42 Å². The molecule has 1 atom stereocenters. The van der Waals surface area contributed by atoms with E-state index in [0.717, 1.165) is 25.7 Å². The van der Waals surface area contributed by atoms with Gasteiger partial charge in [0.25, 0.3) is 0 Å². The molecule has 2 rings (SSSR count). The lowest BCUT2D eigenvalue weighted by atomic mass is 10.1. The van der Waals surface area contributed by atoms with Crippen LogP contribution < -0.4 is 0 Å². The van der Waals surface area contributed by atoms with Crippen LogP contribution in [0.1, 0.15) is 44.7 Å². The van der Waals surface area contributed by atoms with Gasteiger partial charge in [0.2, 0.25) is 10.0 Å². The molecule has 1 unspecified atom stereocenters. The number of aromatic amines is 1. The van der Waals surface area contributed by atoms with Gasteiger partial charge in [-0.1, -0.05) is 12.8 Å². The van der Waals surface area contributed by atoms with Gasteiger partial charge in [0.05, 0.1) is 11.9 Å². The lowest BCUT2D eigenvalue weighted by molar-refractivity contribution is -0.117. The number of nitrogens with one attached hydrogen (secondary N) is 1. The zero-order valence-electron chi connectivity index (χ0n) is 11.9. The fraction of sp³-hybridized carbons (Fsp3) is 0.692. The molecule has 1 fully saturated rings. The van der Waals surface area contributed by atoms with Crippen molar-refractivity contribution in [2.75, 3.05) is 6.54 Å². The maximum absolute atomic E-state index is 12.8. The summed E-state index contributed by atoms with van der Waals surface area (Å²) in [6, 6.07) is -0.228. The van der Waals surface area contributed by atoms with Crippen molar-refractivity contribution < 1.29 is 13.2 Å². The highest BCUT2D eigenvalue weighted by molar-refractivity contribution is 7.89. The van der Waals surface area contributed by atoms with Gasteiger partial charge in [0.15, 0.2) is 0 Å². The van der Waals surface area contributed by atoms with E-state index in [1.807, 2.05) is 0 Å². The minimum Gasteiger partial charge on any atom is -0.300 e. The van der Waals surface area contributed by atoms with E-state index in [4.69, 9.17) is 0 Å². The first-order valence-corrected chi connectivity index (χ1v) is 8.38. The molecule has 1 aliphatic heterocycles. The van der Waals surface area contributed by atoms with Gasteiger partial charge in [-0.15, -0.1) is 0 Å². The number of nitrogens with zero attached hydrogens (tertiary/aromatic N) is 2. The SMILES string of the molecule is CC(=O)CC1CCCCCN1S(=O)(=O)c1cn[nH]c1C. The minimum atomic E-state index is -3.58. The number of carbonyl (C=O) groups is 1. The first-order valence-electron chi connectivity index (χ1n) is 6.94. The van der Waals surface area contributed by atoms with Crippen LogP contribution in [0.2, 0.25) is 0 Å². The molecular formula is C13H21N3O3S. The molecule has 1 N–H and O–H groups in total. The van der Waals surface area contributed by atoms with E-state index >= 15 is 0 Å². The van der Waals surface area contributed by atoms with Crippen molar-refractivity contribution in [2.24, 2.45) is 0 Å². The first-order chi connectivity index (χ1) is 9.43. The van der Waals surface area contributed by atoms with Gasteiger partial charge in [0, 0.05) is 19.0 Å². The zero-order chi connectivity index (χ0) is 14.8. The first kappa shape index (κ1) is 15.2. The number of rotatable bonds is 4. The Balaban J connectivity index is 2.35. The fourth-order valence-corrected chi connectivity index (χ4v) is 4.54. The van der Waals surface area contributed by atoms with Crippen LogP contribution in [0, 0.1) is 6.92 Å². The smallest absolute Gasteiger partial charge is 0.246 e. The molecule has 0 amide bonds. The fourth-order valence-electron chi connectivity index (χ4n) is 2.73. The summed E-state index contributed by atoms with van der Waals surface area (Å²) in [5.74, 6) is 0.0287. The third-order valence-corrected chi connectivity index (χ3v) is 5.78. The maximum Gasteiger partial charge on any atom is 0.246 e. The second kappa shape index (κ2) is 6.05. The van der Waals surface area contributed by atoms with Crippen molar-refractivity contribution >= 4 is 15.8 Å². The molecule has 1 aromatic rings. The molecule has 0 aliphatic carbocycles. The van der Waals surface area contributed by atoms with E-state index in [1.54, 1.807) is 6.92 Å². The van der Waals surface area contributed by atoms with Crippen LogP contribution in [-0.4, -0.2) is 41.3 Å². The lowest BCUT2D eigenvalue weighted by Gasteiger charge is -2.28. The number of aryl methyl sites for hydroxylation is 1. The summed E-state index contributed by atoms with van der Waals surface area (Å²) in [6.07, 6.45) is 5.19. The van der Waals surface area contributed by atoms with Crippen molar-refractivity contribution in [1.29, 1.82) is 0 Å². The molecule has 0 spiro atoms. The molecule has 2 heterocycles. The normalized spacial score (nSPS) is 21.6. The minimum absolute atomic E-state index is 0.0287. The van der Waals surface area contributed by atoms with Crippen LogP contribution in [0.25, 0.3) is 0 Å². The lowest BCUT2D eigenvalue weighted by Crippen LogP contribution is -2.41. The largest absolute Gasteiger partial charge is 0.300 e. The second-order valence-corrected chi connectivity index (χ2v) is 7.24. The number of hydrogen-bond acceptors (Lipinski definition) is 4. The van der Waals surface area contributed by atoms with E-state index in [-0.39, 0.29) is 23.1 Å². The Kier molecular flexibility index (Phi) is 4.59. The van der Waals surface area contributed by atoms with Crippen LogP contribution in [0.4, 0.5) is 0 Å². The van der Waals surface area contributed by atoms with Gasteiger partial charge < -0.3 is 0 Å². The summed E-state index contributed by atoms with van der Waals surface area (Å²) in [5, 5.41) is 6.46. The van der Waals surface area contributed by atoms with Crippen molar-refractivity contribution in [1.82, 2.24) is 14.5 Å². The molecule has 0 bridgehead atoms. The van der Waals surface area contributed by atoms with Gasteiger partial charge >= 0.3 is 0 Å². The summed E-state index contributed by atoms with van der Waals surface area (Å²) in [7, 11) is -3.58. The molecule has 1 saturated heterocycles. The Morgan fingerprint density at radius 2 is 2.20 bits per heavy atom. The monoisotopic (exact) mass is 299 g/mol. The van der Waals surface area contributed by atoms with Gasteiger partial charge in [-0.05, 0) is 26.7 Å². The van der Waals surface area contributed by atoms with Gasteiger partial charge in [0.1, 0.15) is 10.7 Å². The summed E-state index contributed by atoms with van der Waals surface area (Å²) in [6.45, 7) is 3.68. The summed E-state index contributed by atoms with van der Waals surface area (Å²) < 4.78 is 27.0. The second-order valence-electron chi connectivity index (χ2n) is 5.38. The predicted molar refractivity (Wildman–Crippen MR) is 74.8 cm³/mol. The molecule has 1 aromatic heterocycles. The van der Waals surface area contributed by atoms with Crippen LogP contribution in [-0.2, 0) is 14.8 Å². The Hall–Kier alpha value is -1.21. The van der Waals surface area contributed by atoms with Crippen LogP contribution in [0.3, 0.4) is 0 Å². The molecule has 0 radical (unpaired) electrons. The highest BCUT2D eigenvalue weighted by Gasteiger charge is 2.34. The number of carbonyl (C=O) groups excluding carboxylic acids is 1. The third kappa shape index (κ3) is 3.09. The molecule has 0 saturated carbocycles. The van der Waals surface area contributed by atoms with Crippen molar-refractivity contribution in [2.45, 2.75) is 56.9 Å². The Labute approximate surface area is 119 Å². The molecule has 6 nitrogen and oxygen atoms in total. The number of aromatic nitrogens is 2. The Morgan fingerprint density at radius 3 is 2.80 bits per heavy atom. The topological polar surface area (TPSA) is 83.1 Å². The summed E-state index contributed by atoms with van der Waals surface area (Å²) in [4.78, 5) is 11.6. The quantitative estimate of drug-likeness (QED) is 0.916.